The van der Waals surface area contributed by atoms with Gasteiger partial charge in [-0.25, -0.2) is 9.37 Å². The number of halogens is 2. The van der Waals surface area contributed by atoms with Crippen LogP contribution in [0.15, 0.2) is 24.5 Å². The number of aliphatic hydroxyl groups excluding tert-OH is 1. The van der Waals surface area contributed by atoms with Crippen LogP contribution >= 0.6 is 11.6 Å². The minimum Gasteiger partial charge on any atom is -0.388 e. The number of aromatic nitrogens is 3. The minimum atomic E-state index is -0.961. The molecule has 0 amide bonds. The molecular formula is C13H15ClFN3O. The first-order chi connectivity index (χ1) is 9.11. The van der Waals surface area contributed by atoms with E-state index in [1.165, 1.54) is 18.5 Å². The van der Waals surface area contributed by atoms with Gasteiger partial charge in [0.25, 0.3) is 0 Å². The fourth-order valence-corrected chi connectivity index (χ4v) is 2.06. The number of aliphatic hydroxyl groups is 1. The molecule has 0 fully saturated rings. The summed E-state index contributed by atoms with van der Waals surface area (Å²) in [5, 5.41) is 14.5. The Morgan fingerprint density at radius 2 is 2.26 bits per heavy atom. The van der Waals surface area contributed by atoms with Gasteiger partial charge in [-0.15, -0.1) is 0 Å². The zero-order valence-electron chi connectivity index (χ0n) is 10.6. The summed E-state index contributed by atoms with van der Waals surface area (Å²) in [6.45, 7) is 2.76. The van der Waals surface area contributed by atoms with Gasteiger partial charge >= 0.3 is 0 Å². The van der Waals surface area contributed by atoms with Crippen LogP contribution in [0.1, 0.15) is 30.8 Å². The number of hydrogen-bond donors (Lipinski definition) is 1. The number of hydrogen-bond acceptors (Lipinski definition) is 3. The molecule has 0 aliphatic carbocycles. The first-order valence-corrected chi connectivity index (χ1v) is 6.49. The van der Waals surface area contributed by atoms with E-state index in [0.717, 1.165) is 13.0 Å². The zero-order chi connectivity index (χ0) is 13.8. The molecular weight excluding hydrogens is 269 g/mol. The Morgan fingerprint density at radius 1 is 1.47 bits per heavy atom. The van der Waals surface area contributed by atoms with E-state index in [-0.39, 0.29) is 12.0 Å². The van der Waals surface area contributed by atoms with Gasteiger partial charge < -0.3 is 5.11 Å². The van der Waals surface area contributed by atoms with Crippen molar-refractivity contribution in [3.8, 4) is 0 Å². The second kappa shape index (κ2) is 6.12. The highest BCUT2D eigenvalue weighted by atomic mass is 35.5. The molecule has 1 aromatic carbocycles. The van der Waals surface area contributed by atoms with Crippen LogP contribution in [0.2, 0.25) is 5.02 Å². The lowest BCUT2D eigenvalue weighted by Crippen LogP contribution is -2.11. The van der Waals surface area contributed by atoms with E-state index >= 15 is 0 Å². The summed E-state index contributed by atoms with van der Waals surface area (Å²) in [7, 11) is 0. The summed E-state index contributed by atoms with van der Waals surface area (Å²) >= 11 is 5.68. The zero-order valence-corrected chi connectivity index (χ0v) is 11.3. The molecule has 2 rings (SSSR count). The van der Waals surface area contributed by atoms with Gasteiger partial charge in [0, 0.05) is 23.6 Å². The first-order valence-electron chi connectivity index (χ1n) is 6.11. The Bertz CT molecular complexity index is 559. The van der Waals surface area contributed by atoms with Crippen molar-refractivity contribution in [2.45, 2.75) is 32.4 Å². The maximum Gasteiger partial charge on any atom is 0.138 e. The van der Waals surface area contributed by atoms with Gasteiger partial charge in [0.2, 0.25) is 0 Å². The van der Waals surface area contributed by atoms with Crippen molar-refractivity contribution in [2.24, 2.45) is 0 Å². The molecule has 6 heteroatoms. The third kappa shape index (κ3) is 3.30. The first kappa shape index (κ1) is 14.0. The fraction of sp³-hybridized carbons (Fsp3) is 0.385. The van der Waals surface area contributed by atoms with E-state index in [1.807, 2.05) is 6.92 Å². The van der Waals surface area contributed by atoms with Gasteiger partial charge in [-0.2, -0.15) is 5.10 Å². The summed E-state index contributed by atoms with van der Waals surface area (Å²) < 4.78 is 15.4. The van der Waals surface area contributed by atoms with Crippen molar-refractivity contribution in [3.05, 3.63) is 46.8 Å². The molecule has 0 spiro atoms. The van der Waals surface area contributed by atoms with E-state index < -0.39 is 11.9 Å². The number of benzene rings is 1. The quantitative estimate of drug-likeness (QED) is 0.918. The average molecular weight is 284 g/mol. The molecule has 4 nitrogen and oxygen atoms in total. The van der Waals surface area contributed by atoms with Crippen molar-refractivity contribution in [2.75, 3.05) is 0 Å². The highest BCUT2D eigenvalue weighted by Gasteiger charge is 2.16. The van der Waals surface area contributed by atoms with E-state index in [1.54, 1.807) is 10.7 Å². The summed E-state index contributed by atoms with van der Waals surface area (Å²) in [5.74, 6) is 0.130. The van der Waals surface area contributed by atoms with Gasteiger partial charge in [0.15, 0.2) is 0 Å². The monoisotopic (exact) mass is 283 g/mol. The predicted octanol–water partition coefficient (Wildman–Crippen LogP) is 2.76. The van der Waals surface area contributed by atoms with Crippen LogP contribution in [0.4, 0.5) is 4.39 Å². The Hall–Kier alpha value is -1.46. The Balaban J connectivity index is 2.16. The maximum absolute atomic E-state index is 13.7. The van der Waals surface area contributed by atoms with Gasteiger partial charge in [0.1, 0.15) is 18.0 Å². The van der Waals surface area contributed by atoms with Crippen molar-refractivity contribution >= 4 is 11.6 Å². The lowest BCUT2D eigenvalue weighted by molar-refractivity contribution is 0.169. The lowest BCUT2D eigenvalue weighted by atomic mass is 10.1. The molecule has 1 atom stereocenters. The van der Waals surface area contributed by atoms with Crippen LogP contribution in [0.5, 0.6) is 0 Å². The molecule has 0 radical (unpaired) electrons. The lowest BCUT2D eigenvalue weighted by Gasteiger charge is -2.12. The third-order valence-corrected chi connectivity index (χ3v) is 3.06. The van der Waals surface area contributed by atoms with Crippen LogP contribution in [0, 0.1) is 5.82 Å². The molecule has 1 N–H and O–H groups in total. The molecule has 1 aromatic heterocycles. The second-order valence-electron chi connectivity index (χ2n) is 4.29. The van der Waals surface area contributed by atoms with E-state index in [9.17, 15) is 9.50 Å². The average Bonchev–Trinajstić information content (AvgIpc) is 2.77. The van der Waals surface area contributed by atoms with Crippen LogP contribution < -0.4 is 0 Å². The van der Waals surface area contributed by atoms with Gasteiger partial charge in [-0.05, 0) is 18.6 Å². The summed E-state index contributed by atoms with van der Waals surface area (Å²) in [6.07, 6.45) is 1.62. The van der Waals surface area contributed by atoms with Crippen LogP contribution in [0.3, 0.4) is 0 Å². The molecule has 0 aliphatic rings. The predicted molar refractivity (Wildman–Crippen MR) is 70.4 cm³/mol. The van der Waals surface area contributed by atoms with Crippen LogP contribution in [-0.2, 0) is 13.0 Å². The van der Waals surface area contributed by atoms with Crippen molar-refractivity contribution in [1.82, 2.24) is 14.8 Å². The Labute approximate surface area is 115 Å². The SMILES string of the molecule is CCCn1ncnc1CC(O)c1ccc(Cl)cc1F. The molecule has 102 valence electrons. The maximum atomic E-state index is 13.7. The van der Waals surface area contributed by atoms with Gasteiger partial charge in [-0.1, -0.05) is 24.6 Å². The summed E-state index contributed by atoms with van der Waals surface area (Å²) in [4.78, 5) is 4.09. The van der Waals surface area contributed by atoms with Crippen LogP contribution in [0.25, 0.3) is 0 Å². The summed E-state index contributed by atoms with van der Waals surface area (Å²) in [5.41, 5.74) is 0.218. The van der Waals surface area contributed by atoms with Crippen molar-refractivity contribution in [3.63, 3.8) is 0 Å². The summed E-state index contributed by atoms with van der Waals surface area (Å²) in [6, 6.07) is 4.24. The Morgan fingerprint density at radius 3 is 2.95 bits per heavy atom. The topological polar surface area (TPSA) is 50.9 Å². The molecule has 0 saturated heterocycles. The van der Waals surface area contributed by atoms with E-state index in [4.69, 9.17) is 11.6 Å². The van der Waals surface area contributed by atoms with Crippen molar-refractivity contribution < 1.29 is 9.50 Å². The number of nitrogens with zero attached hydrogens (tertiary/aromatic N) is 3. The normalized spacial score (nSPS) is 12.6. The Kier molecular flexibility index (Phi) is 4.50. The van der Waals surface area contributed by atoms with Crippen LogP contribution in [-0.4, -0.2) is 19.9 Å². The third-order valence-electron chi connectivity index (χ3n) is 2.83. The van der Waals surface area contributed by atoms with Crippen molar-refractivity contribution in [1.29, 1.82) is 0 Å². The molecule has 1 unspecified atom stereocenters. The molecule has 19 heavy (non-hydrogen) atoms. The fourth-order valence-electron chi connectivity index (χ4n) is 1.90. The smallest absolute Gasteiger partial charge is 0.138 e. The van der Waals surface area contributed by atoms with E-state index in [0.29, 0.717) is 10.8 Å². The van der Waals surface area contributed by atoms with Gasteiger partial charge in [0.05, 0.1) is 6.10 Å². The number of aryl methyl sites for hydroxylation is 1. The highest BCUT2D eigenvalue weighted by Crippen LogP contribution is 2.23. The highest BCUT2D eigenvalue weighted by molar-refractivity contribution is 6.30. The largest absolute Gasteiger partial charge is 0.388 e. The minimum absolute atomic E-state index is 0.218. The number of rotatable bonds is 5. The molecule has 2 aromatic rings. The molecule has 1 heterocycles. The molecule has 0 saturated carbocycles. The standard InChI is InChI=1S/C13H15ClFN3O/c1-2-5-18-13(16-8-17-18)7-12(19)10-4-3-9(14)6-11(10)15/h3-4,6,8,12,19H,2,5,7H2,1H3. The molecule has 0 bridgehead atoms. The van der Waals surface area contributed by atoms with Gasteiger partial charge in [-0.3, -0.25) is 4.68 Å². The second-order valence-corrected chi connectivity index (χ2v) is 4.72. The molecule has 0 aliphatic heterocycles. The van der Waals surface area contributed by atoms with E-state index in [2.05, 4.69) is 10.1 Å².